The first kappa shape index (κ1) is 15.5. The maximum absolute atomic E-state index is 5.84. The van der Waals surface area contributed by atoms with Crippen molar-refractivity contribution in [2.24, 2.45) is 0 Å². The molecule has 0 aromatic heterocycles. The van der Waals surface area contributed by atoms with Gasteiger partial charge in [0.15, 0.2) is 11.5 Å². The van der Waals surface area contributed by atoms with E-state index in [-0.39, 0.29) is 0 Å². The topological polar surface area (TPSA) is 27.7 Å². The summed E-state index contributed by atoms with van der Waals surface area (Å²) < 4.78 is 16.2. The molecule has 0 N–H and O–H groups in total. The number of benzene rings is 2. The molecule has 0 aliphatic heterocycles. The Kier molecular flexibility index (Phi) is 5.76. The number of hydrogen-bond donors (Lipinski definition) is 0. The smallest absolute Gasteiger partial charge is 0.161 e. The molecule has 0 atom stereocenters. The van der Waals surface area contributed by atoms with Crippen molar-refractivity contribution in [2.75, 3.05) is 20.8 Å². The second-order valence-corrected chi connectivity index (χ2v) is 4.83. The van der Waals surface area contributed by atoms with Gasteiger partial charge in [0, 0.05) is 12.3 Å². The first-order valence-electron chi connectivity index (χ1n) is 6.75. The Morgan fingerprint density at radius 2 is 1.57 bits per heavy atom. The molecule has 0 heterocycles. The molecular formula is C17H19ClO3. The summed E-state index contributed by atoms with van der Waals surface area (Å²) in [5.41, 5.74) is 2.21. The Labute approximate surface area is 130 Å². The van der Waals surface area contributed by atoms with Gasteiger partial charge < -0.3 is 14.2 Å². The molecule has 0 fully saturated rings. The molecule has 0 radical (unpaired) electrons. The molecule has 0 saturated carbocycles. The molecule has 21 heavy (non-hydrogen) atoms. The summed E-state index contributed by atoms with van der Waals surface area (Å²) in [6.45, 7) is 0.578. The lowest BCUT2D eigenvalue weighted by Gasteiger charge is -2.12. The average Bonchev–Trinajstić information content (AvgIpc) is 2.55. The molecule has 0 bridgehead atoms. The molecule has 2 aromatic carbocycles. The summed E-state index contributed by atoms with van der Waals surface area (Å²) in [6, 6.07) is 13.7. The number of methoxy groups -OCH3 is 2. The molecule has 3 nitrogen and oxygen atoms in total. The summed E-state index contributed by atoms with van der Waals surface area (Å²) >= 11 is 5.84. The van der Waals surface area contributed by atoms with Gasteiger partial charge in [0.2, 0.25) is 0 Å². The normalized spacial score (nSPS) is 10.2. The molecular weight excluding hydrogens is 288 g/mol. The zero-order valence-electron chi connectivity index (χ0n) is 12.3. The minimum atomic E-state index is 0.457. The Morgan fingerprint density at radius 1 is 0.857 bits per heavy atom. The second kappa shape index (κ2) is 7.79. The van der Waals surface area contributed by atoms with Gasteiger partial charge in [-0.05, 0) is 35.4 Å². The van der Waals surface area contributed by atoms with E-state index in [9.17, 15) is 0 Å². The van der Waals surface area contributed by atoms with E-state index >= 15 is 0 Å². The van der Waals surface area contributed by atoms with Gasteiger partial charge in [0.1, 0.15) is 5.75 Å². The lowest BCUT2D eigenvalue weighted by atomic mass is 10.1. The summed E-state index contributed by atoms with van der Waals surface area (Å²) in [6.07, 6.45) is 0.818. The van der Waals surface area contributed by atoms with Crippen LogP contribution < -0.4 is 14.2 Å². The molecule has 0 aliphatic rings. The summed E-state index contributed by atoms with van der Waals surface area (Å²) in [5.74, 6) is 2.76. The standard InChI is InChI=1S/C17H19ClO3/c1-19-15-6-3-13(4-7-15)9-10-21-17-11-14(12-18)5-8-16(17)20-2/h3-8,11H,9-10,12H2,1-2H3. The van der Waals surface area contributed by atoms with Crippen LogP contribution in [0.25, 0.3) is 0 Å². The molecule has 2 rings (SSSR count). The summed E-state index contributed by atoms with van der Waals surface area (Å²) in [7, 11) is 3.29. The third-order valence-corrected chi connectivity index (χ3v) is 3.50. The summed E-state index contributed by atoms with van der Waals surface area (Å²) in [4.78, 5) is 0. The number of hydrogen-bond acceptors (Lipinski definition) is 3. The van der Waals surface area contributed by atoms with Crippen molar-refractivity contribution >= 4 is 11.6 Å². The zero-order valence-corrected chi connectivity index (χ0v) is 13.0. The van der Waals surface area contributed by atoms with E-state index in [2.05, 4.69) is 0 Å². The third-order valence-electron chi connectivity index (χ3n) is 3.19. The van der Waals surface area contributed by atoms with Crippen molar-refractivity contribution < 1.29 is 14.2 Å². The molecule has 0 amide bonds. The highest BCUT2D eigenvalue weighted by Gasteiger charge is 2.05. The molecule has 0 saturated heterocycles. The van der Waals surface area contributed by atoms with Crippen molar-refractivity contribution in [1.82, 2.24) is 0 Å². The quantitative estimate of drug-likeness (QED) is 0.722. The lowest BCUT2D eigenvalue weighted by molar-refractivity contribution is 0.297. The largest absolute Gasteiger partial charge is 0.497 e. The van der Waals surface area contributed by atoms with Crippen molar-refractivity contribution in [2.45, 2.75) is 12.3 Å². The zero-order chi connectivity index (χ0) is 15.1. The second-order valence-electron chi connectivity index (χ2n) is 4.57. The van der Waals surface area contributed by atoms with E-state index in [0.29, 0.717) is 12.5 Å². The van der Waals surface area contributed by atoms with E-state index in [1.807, 2.05) is 42.5 Å². The van der Waals surface area contributed by atoms with Crippen LogP contribution in [0.1, 0.15) is 11.1 Å². The monoisotopic (exact) mass is 306 g/mol. The molecule has 4 heteroatoms. The molecule has 112 valence electrons. The number of ether oxygens (including phenoxy) is 3. The van der Waals surface area contributed by atoms with Crippen molar-refractivity contribution in [1.29, 1.82) is 0 Å². The van der Waals surface area contributed by atoms with Crippen LogP contribution in [0.15, 0.2) is 42.5 Å². The Bertz CT molecular complexity index is 567. The molecule has 0 unspecified atom stereocenters. The van der Waals surface area contributed by atoms with E-state index in [1.54, 1.807) is 14.2 Å². The van der Waals surface area contributed by atoms with Gasteiger partial charge in [0.25, 0.3) is 0 Å². The Hall–Kier alpha value is -1.87. The fraction of sp³-hybridized carbons (Fsp3) is 0.294. The summed E-state index contributed by atoms with van der Waals surface area (Å²) in [5, 5.41) is 0. The number of rotatable bonds is 7. The highest BCUT2D eigenvalue weighted by atomic mass is 35.5. The van der Waals surface area contributed by atoms with Crippen LogP contribution >= 0.6 is 11.6 Å². The van der Waals surface area contributed by atoms with Crippen molar-refractivity contribution in [3.8, 4) is 17.2 Å². The van der Waals surface area contributed by atoms with Crippen LogP contribution in [0.2, 0.25) is 0 Å². The Morgan fingerprint density at radius 3 is 2.19 bits per heavy atom. The number of alkyl halides is 1. The van der Waals surface area contributed by atoms with Gasteiger partial charge in [-0.25, -0.2) is 0 Å². The van der Waals surface area contributed by atoms with Crippen LogP contribution in [0, 0.1) is 0 Å². The number of halogens is 1. The van der Waals surface area contributed by atoms with Gasteiger partial charge >= 0.3 is 0 Å². The van der Waals surface area contributed by atoms with E-state index in [4.69, 9.17) is 25.8 Å². The van der Waals surface area contributed by atoms with Crippen LogP contribution in [-0.2, 0) is 12.3 Å². The maximum atomic E-state index is 5.84. The highest BCUT2D eigenvalue weighted by Crippen LogP contribution is 2.28. The van der Waals surface area contributed by atoms with E-state index < -0.39 is 0 Å². The Balaban J connectivity index is 1.95. The predicted molar refractivity (Wildman–Crippen MR) is 84.7 cm³/mol. The predicted octanol–water partition coefficient (Wildman–Crippen LogP) is 4.06. The highest BCUT2D eigenvalue weighted by molar-refractivity contribution is 6.17. The molecule has 0 spiro atoms. The van der Waals surface area contributed by atoms with Gasteiger partial charge in [-0.2, -0.15) is 0 Å². The van der Waals surface area contributed by atoms with Crippen molar-refractivity contribution in [3.63, 3.8) is 0 Å². The first-order valence-corrected chi connectivity index (χ1v) is 7.29. The average molecular weight is 307 g/mol. The van der Waals surface area contributed by atoms with Crippen molar-refractivity contribution in [3.05, 3.63) is 53.6 Å². The lowest BCUT2D eigenvalue weighted by Crippen LogP contribution is -2.03. The van der Waals surface area contributed by atoms with Crippen LogP contribution in [0.3, 0.4) is 0 Å². The third kappa shape index (κ3) is 4.30. The van der Waals surface area contributed by atoms with Gasteiger partial charge in [-0.15, -0.1) is 11.6 Å². The SMILES string of the molecule is COc1ccc(CCOc2cc(CCl)ccc2OC)cc1. The first-order chi connectivity index (χ1) is 10.3. The van der Waals surface area contributed by atoms with Crippen LogP contribution in [0.4, 0.5) is 0 Å². The maximum Gasteiger partial charge on any atom is 0.161 e. The van der Waals surface area contributed by atoms with Gasteiger partial charge in [-0.1, -0.05) is 18.2 Å². The molecule has 2 aromatic rings. The van der Waals surface area contributed by atoms with Crippen LogP contribution in [-0.4, -0.2) is 20.8 Å². The van der Waals surface area contributed by atoms with Gasteiger partial charge in [0.05, 0.1) is 20.8 Å². The van der Waals surface area contributed by atoms with E-state index in [1.165, 1.54) is 5.56 Å². The minimum absolute atomic E-state index is 0.457. The fourth-order valence-electron chi connectivity index (χ4n) is 1.99. The van der Waals surface area contributed by atoms with Gasteiger partial charge in [-0.3, -0.25) is 0 Å². The minimum Gasteiger partial charge on any atom is -0.497 e. The van der Waals surface area contributed by atoms with Crippen LogP contribution in [0.5, 0.6) is 17.2 Å². The molecule has 0 aliphatic carbocycles. The fourth-order valence-corrected chi connectivity index (χ4v) is 2.15. The van der Waals surface area contributed by atoms with E-state index in [0.717, 1.165) is 29.2 Å².